The molecule has 2 fully saturated rings. The minimum absolute atomic E-state index is 0.196. The Morgan fingerprint density at radius 2 is 2.35 bits per heavy atom. The van der Waals surface area contributed by atoms with Crippen molar-refractivity contribution in [3.63, 3.8) is 0 Å². The van der Waals surface area contributed by atoms with Crippen LogP contribution in [0.4, 0.5) is 0 Å². The first-order valence-corrected chi connectivity index (χ1v) is 6.62. The summed E-state index contributed by atoms with van der Waals surface area (Å²) in [6, 6.07) is 2.56. The van der Waals surface area contributed by atoms with Crippen LogP contribution in [0.25, 0.3) is 0 Å². The van der Waals surface area contributed by atoms with Gasteiger partial charge >= 0.3 is 0 Å². The van der Waals surface area contributed by atoms with E-state index in [0.29, 0.717) is 19.0 Å². The number of hydrogen-bond acceptors (Lipinski definition) is 3. The fraction of sp³-hybridized carbons (Fsp3) is 0.846. The third-order valence-corrected chi connectivity index (χ3v) is 4.09. The minimum Gasteiger partial charge on any atom is -0.338 e. The summed E-state index contributed by atoms with van der Waals surface area (Å²) in [4.78, 5) is 14.6. The zero-order valence-electron chi connectivity index (χ0n) is 10.5. The molecule has 0 bridgehead atoms. The van der Waals surface area contributed by atoms with Gasteiger partial charge in [0, 0.05) is 19.1 Å². The Kier molecular flexibility index (Phi) is 3.68. The van der Waals surface area contributed by atoms with Gasteiger partial charge in [0.1, 0.15) is 0 Å². The molecule has 0 aromatic rings. The summed E-state index contributed by atoms with van der Waals surface area (Å²) < 4.78 is 0. The van der Waals surface area contributed by atoms with Gasteiger partial charge in [-0.05, 0) is 32.2 Å². The second-order valence-electron chi connectivity index (χ2n) is 5.20. The highest BCUT2D eigenvalue weighted by Crippen LogP contribution is 2.36. The van der Waals surface area contributed by atoms with Crippen LogP contribution in [0.1, 0.15) is 39.0 Å². The first-order valence-electron chi connectivity index (χ1n) is 6.62. The molecule has 1 aliphatic heterocycles. The lowest BCUT2D eigenvalue weighted by Crippen LogP contribution is -2.46. The van der Waals surface area contributed by atoms with Crippen LogP contribution in [0.5, 0.6) is 0 Å². The smallest absolute Gasteiger partial charge is 0.230 e. The molecule has 1 heterocycles. The number of carbonyl (C=O) groups excluding carboxylic acids is 1. The van der Waals surface area contributed by atoms with E-state index in [-0.39, 0.29) is 11.3 Å². The lowest BCUT2D eigenvalue weighted by Gasteiger charge is -2.33. The molecule has 4 heteroatoms. The summed E-state index contributed by atoms with van der Waals surface area (Å²) in [5, 5.41) is 12.0. The average molecular weight is 235 g/mol. The molecule has 17 heavy (non-hydrogen) atoms. The molecular formula is C13H21N3O. The van der Waals surface area contributed by atoms with Gasteiger partial charge in [0.05, 0.1) is 17.9 Å². The lowest BCUT2D eigenvalue weighted by molar-refractivity contribution is -0.142. The van der Waals surface area contributed by atoms with Crippen LogP contribution in [0.3, 0.4) is 0 Å². The van der Waals surface area contributed by atoms with Crippen molar-refractivity contribution in [2.45, 2.75) is 45.1 Å². The van der Waals surface area contributed by atoms with E-state index in [2.05, 4.69) is 18.3 Å². The van der Waals surface area contributed by atoms with Crippen molar-refractivity contribution in [3.8, 4) is 6.07 Å². The molecule has 0 spiro atoms. The SMILES string of the molecule is CCC1(C(=O)N(CCC#N)C2CC2)CCNC1. The molecule has 1 amide bonds. The third kappa shape index (κ3) is 2.44. The second kappa shape index (κ2) is 5.05. The molecule has 1 saturated carbocycles. The number of amides is 1. The normalized spacial score (nSPS) is 27.8. The van der Waals surface area contributed by atoms with E-state index in [9.17, 15) is 4.79 Å². The summed E-state index contributed by atoms with van der Waals surface area (Å²) in [5.74, 6) is 0.280. The lowest BCUT2D eigenvalue weighted by atomic mass is 9.82. The van der Waals surface area contributed by atoms with Crippen molar-refractivity contribution in [1.82, 2.24) is 10.2 Å². The van der Waals surface area contributed by atoms with Gasteiger partial charge in [-0.2, -0.15) is 5.26 Å². The monoisotopic (exact) mass is 235 g/mol. The van der Waals surface area contributed by atoms with Gasteiger partial charge in [-0.25, -0.2) is 0 Å². The standard InChI is InChI=1S/C13H21N3O/c1-2-13(6-8-15-10-13)12(17)16(9-3-7-14)11-4-5-11/h11,15H,2-6,8-10H2,1H3. The first kappa shape index (κ1) is 12.4. The Morgan fingerprint density at radius 1 is 1.59 bits per heavy atom. The molecule has 1 atom stereocenters. The van der Waals surface area contributed by atoms with Crippen LogP contribution in [-0.4, -0.2) is 36.5 Å². The summed E-state index contributed by atoms with van der Waals surface area (Å²) in [6.07, 6.45) is 4.52. The summed E-state index contributed by atoms with van der Waals surface area (Å²) in [7, 11) is 0. The molecule has 94 valence electrons. The Labute approximate surface area is 103 Å². The van der Waals surface area contributed by atoms with E-state index < -0.39 is 0 Å². The molecule has 0 aromatic heterocycles. The van der Waals surface area contributed by atoms with Crippen molar-refractivity contribution in [3.05, 3.63) is 0 Å². The Morgan fingerprint density at radius 3 is 2.82 bits per heavy atom. The minimum atomic E-state index is -0.196. The van der Waals surface area contributed by atoms with Crippen molar-refractivity contribution < 1.29 is 4.79 Å². The maximum atomic E-state index is 12.7. The van der Waals surface area contributed by atoms with Crippen LogP contribution >= 0.6 is 0 Å². The molecule has 1 unspecified atom stereocenters. The maximum Gasteiger partial charge on any atom is 0.230 e. The quantitative estimate of drug-likeness (QED) is 0.781. The summed E-state index contributed by atoms with van der Waals surface area (Å²) >= 11 is 0. The molecular weight excluding hydrogens is 214 g/mol. The van der Waals surface area contributed by atoms with Crippen molar-refractivity contribution in [2.75, 3.05) is 19.6 Å². The predicted molar refractivity (Wildman–Crippen MR) is 65.2 cm³/mol. The number of nitriles is 1. The van der Waals surface area contributed by atoms with Crippen molar-refractivity contribution in [2.24, 2.45) is 5.41 Å². The van der Waals surface area contributed by atoms with Gasteiger partial charge in [0.25, 0.3) is 0 Å². The van der Waals surface area contributed by atoms with E-state index in [0.717, 1.165) is 38.8 Å². The van der Waals surface area contributed by atoms with Crippen molar-refractivity contribution in [1.29, 1.82) is 5.26 Å². The Hall–Kier alpha value is -1.08. The number of nitrogens with zero attached hydrogens (tertiary/aromatic N) is 2. The zero-order valence-corrected chi connectivity index (χ0v) is 10.5. The zero-order chi connectivity index (χ0) is 12.3. The van der Waals surface area contributed by atoms with Crippen LogP contribution in [0, 0.1) is 16.7 Å². The largest absolute Gasteiger partial charge is 0.338 e. The third-order valence-electron chi connectivity index (χ3n) is 4.09. The van der Waals surface area contributed by atoms with Gasteiger partial charge in [-0.3, -0.25) is 4.79 Å². The fourth-order valence-corrected chi connectivity index (χ4v) is 2.69. The average Bonchev–Trinajstić information content (AvgIpc) is 3.07. The van der Waals surface area contributed by atoms with Crippen LogP contribution in [-0.2, 0) is 4.79 Å². The van der Waals surface area contributed by atoms with E-state index in [4.69, 9.17) is 5.26 Å². The predicted octanol–water partition coefficient (Wildman–Crippen LogP) is 1.28. The van der Waals surface area contributed by atoms with E-state index in [1.54, 1.807) is 0 Å². The highest BCUT2D eigenvalue weighted by atomic mass is 16.2. The second-order valence-corrected chi connectivity index (χ2v) is 5.20. The highest BCUT2D eigenvalue weighted by molar-refractivity contribution is 5.84. The van der Waals surface area contributed by atoms with Gasteiger partial charge in [-0.1, -0.05) is 6.92 Å². The Balaban J connectivity index is 2.06. The van der Waals surface area contributed by atoms with Crippen molar-refractivity contribution >= 4 is 5.91 Å². The first-order chi connectivity index (χ1) is 8.23. The van der Waals surface area contributed by atoms with Gasteiger partial charge in [0.15, 0.2) is 0 Å². The van der Waals surface area contributed by atoms with Crippen LogP contribution in [0.2, 0.25) is 0 Å². The molecule has 1 saturated heterocycles. The Bertz CT molecular complexity index is 324. The van der Waals surface area contributed by atoms with Gasteiger partial charge in [0.2, 0.25) is 5.91 Å². The molecule has 4 nitrogen and oxygen atoms in total. The van der Waals surface area contributed by atoms with Crippen LogP contribution < -0.4 is 5.32 Å². The number of hydrogen-bond donors (Lipinski definition) is 1. The molecule has 2 aliphatic rings. The van der Waals surface area contributed by atoms with E-state index in [1.807, 2.05) is 4.90 Å². The van der Waals surface area contributed by atoms with E-state index in [1.165, 1.54) is 0 Å². The number of nitrogens with one attached hydrogen (secondary N) is 1. The maximum absolute atomic E-state index is 12.7. The van der Waals surface area contributed by atoms with Gasteiger partial charge in [-0.15, -0.1) is 0 Å². The number of rotatable bonds is 5. The van der Waals surface area contributed by atoms with E-state index >= 15 is 0 Å². The van der Waals surface area contributed by atoms with Crippen LogP contribution in [0.15, 0.2) is 0 Å². The molecule has 1 N–H and O–H groups in total. The molecule has 1 aliphatic carbocycles. The topological polar surface area (TPSA) is 56.1 Å². The molecule has 0 radical (unpaired) electrons. The number of carbonyl (C=O) groups is 1. The molecule has 2 rings (SSSR count). The highest BCUT2D eigenvalue weighted by Gasteiger charge is 2.45. The molecule has 0 aromatic carbocycles. The fourth-order valence-electron chi connectivity index (χ4n) is 2.69. The summed E-state index contributed by atoms with van der Waals surface area (Å²) in [5.41, 5.74) is -0.196. The van der Waals surface area contributed by atoms with Gasteiger partial charge < -0.3 is 10.2 Å². The summed E-state index contributed by atoms with van der Waals surface area (Å²) in [6.45, 7) is 4.45.